The van der Waals surface area contributed by atoms with Gasteiger partial charge in [0.25, 0.3) is 6.02 Å². The Kier molecular flexibility index (Phi) is 3.52. The first-order valence-electron chi connectivity index (χ1n) is 6.06. The number of hydrogen-bond donors (Lipinski definition) is 1. The monoisotopic (exact) mass is 326 g/mol. The minimum absolute atomic E-state index is 0.262. The molecule has 1 saturated carbocycles. The summed E-state index contributed by atoms with van der Waals surface area (Å²) in [4.78, 5) is 4.62. The lowest BCUT2D eigenvalue weighted by molar-refractivity contribution is 0.215. The molecule has 0 aromatic heterocycles. The molecule has 0 saturated heterocycles. The minimum atomic E-state index is 0.262. The highest BCUT2D eigenvalue weighted by Crippen LogP contribution is 2.36. The molecule has 0 unspecified atom stereocenters. The number of amidine groups is 1. The third kappa shape index (κ3) is 2.38. The van der Waals surface area contributed by atoms with Crippen molar-refractivity contribution in [2.75, 3.05) is 11.6 Å². The van der Waals surface area contributed by atoms with E-state index in [1.807, 2.05) is 36.0 Å². The minimum Gasteiger partial charge on any atom is -0.458 e. The van der Waals surface area contributed by atoms with Gasteiger partial charge in [-0.1, -0.05) is 15.9 Å². The van der Waals surface area contributed by atoms with E-state index in [0.717, 1.165) is 16.6 Å². The fourth-order valence-electron chi connectivity index (χ4n) is 2.48. The predicted octanol–water partition coefficient (Wildman–Crippen LogP) is 3.51. The summed E-state index contributed by atoms with van der Waals surface area (Å²) in [5.41, 5.74) is 1.01. The van der Waals surface area contributed by atoms with Crippen LogP contribution in [0.25, 0.3) is 0 Å². The Balaban J connectivity index is 1.67. The Morgan fingerprint density at radius 3 is 2.83 bits per heavy atom. The standard InChI is InChI=1S/C13H15BrN2OS/c1-18-11-7-6-10-12(11)17-13(16-10)15-9-4-2-8(14)3-5-9/h2-5,10-12H,6-7H2,1H3,(H,15,16)/t10-,11-,12-/m1/s1. The van der Waals surface area contributed by atoms with Gasteiger partial charge in [0.15, 0.2) is 0 Å². The van der Waals surface area contributed by atoms with Crippen molar-refractivity contribution in [3.8, 4) is 0 Å². The third-order valence-electron chi connectivity index (χ3n) is 3.42. The maximum atomic E-state index is 5.93. The molecule has 1 aliphatic carbocycles. The zero-order valence-electron chi connectivity index (χ0n) is 10.1. The van der Waals surface area contributed by atoms with Crippen LogP contribution in [0.1, 0.15) is 12.8 Å². The molecule has 96 valence electrons. The normalized spacial score (nSPS) is 29.7. The van der Waals surface area contributed by atoms with Gasteiger partial charge in [0.05, 0.1) is 6.04 Å². The van der Waals surface area contributed by atoms with Crippen molar-refractivity contribution in [2.45, 2.75) is 30.2 Å². The van der Waals surface area contributed by atoms with Crippen molar-refractivity contribution in [2.24, 2.45) is 4.99 Å². The summed E-state index contributed by atoms with van der Waals surface area (Å²) in [7, 11) is 0. The summed E-state index contributed by atoms with van der Waals surface area (Å²) in [6.07, 6.45) is 4.77. The van der Waals surface area contributed by atoms with Crippen molar-refractivity contribution in [1.82, 2.24) is 0 Å². The third-order valence-corrected chi connectivity index (χ3v) is 5.06. The Labute approximate surface area is 120 Å². The molecular formula is C13H15BrN2OS. The number of aliphatic imine (C=N–C) groups is 1. The first-order chi connectivity index (χ1) is 8.76. The molecule has 3 atom stereocenters. The summed E-state index contributed by atoms with van der Waals surface area (Å²) in [6.45, 7) is 0. The van der Waals surface area contributed by atoms with Gasteiger partial charge in [0.1, 0.15) is 6.10 Å². The van der Waals surface area contributed by atoms with Gasteiger partial charge in [-0.3, -0.25) is 0 Å². The highest BCUT2D eigenvalue weighted by Gasteiger charge is 2.42. The van der Waals surface area contributed by atoms with Crippen molar-refractivity contribution < 1.29 is 4.74 Å². The Morgan fingerprint density at radius 1 is 1.33 bits per heavy atom. The molecule has 3 nitrogen and oxygen atoms in total. The van der Waals surface area contributed by atoms with E-state index in [1.54, 1.807) is 0 Å². The van der Waals surface area contributed by atoms with Crippen LogP contribution in [-0.4, -0.2) is 29.7 Å². The fraction of sp³-hybridized carbons (Fsp3) is 0.462. The molecule has 2 aliphatic rings. The van der Waals surface area contributed by atoms with E-state index in [4.69, 9.17) is 4.74 Å². The smallest absolute Gasteiger partial charge is 0.289 e. The molecule has 3 rings (SSSR count). The van der Waals surface area contributed by atoms with Crippen LogP contribution in [0.5, 0.6) is 0 Å². The second kappa shape index (κ2) is 5.13. The largest absolute Gasteiger partial charge is 0.458 e. The predicted molar refractivity (Wildman–Crippen MR) is 80.4 cm³/mol. The Bertz CT molecular complexity index is 463. The number of ether oxygens (including phenoxy) is 1. The highest BCUT2D eigenvalue weighted by atomic mass is 79.9. The molecule has 1 N–H and O–H groups in total. The second-order valence-electron chi connectivity index (χ2n) is 4.57. The number of fused-ring (bicyclic) bond motifs is 1. The molecule has 18 heavy (non-hydrogen) atoms. The van der Waals surface area contributed by atoms with Gasteiger partial charge in [0.2, 0.25) is 0 Å². The molecule has 0 radical (unpaired) electrons. The number of anilines is 1. The van der Waals surface area contributed by atoms with E-state index in [0.29, 0.717) is 17.3 Å². The van der Waals surface area contributed by atoms with Crippen LogP contribution in [-0.2, 0) is 4.74 Å². The topological polar surface area (TPSA) is 33.6 Å². The number of benzene rings is 1. The quantitative estimate of drug-likeness (QED) is 0.902. The molecule has 5 heteroatoms. The van der Waals surface area contributed by atoms with Crippen molar-refractivity contribution in [1.29, 1.82) is 0 Å². The Morgan fingerprint density at radius 2 is 2.11 bits per heavy atom. The zero-order valence-corrected chi connectivity index (χ0v) is 12.5. The summed E-state index contributed by atoms with van der Waals surface area (Å²) in [5.74, 6) is 0. The number of halogens is 1. The van der Waals surface area contributed by atoms with Crippen molar-refractivity contribution in [3.63, 3.8) is 0 Å². The van der Waals surface area contributed by atoms with E-state index < -0.39 is 0 Å². The maximum absolute atomic E-state index is 5.93. The molecule has 1 aromatic carbocycles. The zero-order chi connectivity index (χ0) is 12.5. The van der Waals surface area contributed by atoms with E-state index in [-0.39, 0.29) is 6.10 Å². The number of nitrogens with zero attached hydrogens (tertiary/aromatic N) is 1. The second-order valence-corrected chi connectivity index (χ2v) is 6.56. The summed E-state index contributed by atoms with van der Waals surface area (Å²) in [6, 6.07) is 9.05. The van der Waals surface area contributed by atoms with Crippen LogP contribution < -0.4 is 5.32 Å². The van der Waals surface area contributed by atoms with Gasteiger partial charge < -0.3 is 10.1 Å². The number of rotatable bonds is 2. The molecule has 1 aromatic rings. The lowest BCUT2D eigenvalue weighted by atomic mass is 10.2. The number of nitrogens with one attached hydrogen (secondary N) is 1. The van der Waals surface area contributed by atoms with Crippen LogP contribution in [0, 0.1) is 0 Å². The summed E-state index contributed by atoms with van der Waals surface area (Å²) in [5, 5.41) is 3.83. The van der Waals surface area contributed by atoms with Gasteiger partial charge in [-0.2, -0.15) is 11.8 Å². The highest BCUT2D eigenvalue weighted by molar-refractivity contribution is 9.10. The van der Waals surface area contributed by atoms with Gasteiger partial charge in [-0.15, -0.1) is 0 Å². The van der Waals surface area contributed by atoms with Gasteiger partial charge in [0, 0.05) is 15.4 Å². The van der Waals surface area contributed by atoms with Gasteiger partial charge in [-0.25, -0.2) is 4.99 Å². The summed E-state index contributed by atoms with van der Waals surface area (Å²) >= 11 is 5.31. The van der Waals surface area contributed by atoms with Gasteiger partial charge in [-0.05, 0) is 43.4 Å². The van der Waals surface area contributed by atoms with Crippen molar-refractivity contribution >= 4 is 39.4 Å². The molecule has 1 aliphatic heterocycles. The lowest BCUT2D eigenvalue weighted by Crippen LogP contribution is -2.26. The number of thioether (sulfide) groups is 1. The maximum Gasteiger partial charge on any atom is 0.289 e. The fourth-order valence-corrected chi connectivity index (χ4v) is 3.63. The molecular weight excluding hydrogens is 312 g/mol. The van der Waals surface area contributed by atoms with Crippen LogP contribution in [0.4, 0.5) is 5.69 Å². The molecule has 0 bridgehead atoms. The molecule has 0 amide bonds. The summed E-state index contributed by atoms with van der Waals surface area (Å²) < 4.78 is 7.00. The first kappa shape index (κ1) is 12.4. The van der Waals surface area contributed by atoms with Gasteiger partial charge >= 0.3 is 0 Å². The average Bonchev–Trinajstić information content (AvgIpc) is 2.91. The average molecular weight is 327 g/mol. The first-order valence-corrected chi connectivity index (χ1v) is 8.14. The molecule has 1 fully saturated rings. The van der Waals surface area contributed by atoms with Crippen molar-refractivity contribution in [3.05, 3.63) is 28.7 Å². The number of hydrogen-bond acceptors (Lipinski definition) is 4. The van der Waals surface area contributed by atoms with E-state index >= 15 is 0 Å². The van der Waals surface area contributed by atoms with E-state index in [1.165, 1.54) is 6.42 Å². The van der Waals surface area contributed by atoms with Crippen LogP contribution in [0.3, 0.4) is 0 Å². The lowest BCUT2D eigenvalue weighted by Gasteiger charge is -2.16. The van der Waals surface area contributed by atoms with Crippen LogP contribution in [0.2, 0.25) is 0 Å². The SMILES string of the molecule is CS[C@@H]1CC[C@H]2N=C(Nc3ccc(Br)cc3)O[C@H]21. The van der Waals surface area contributed by atoms with Crippen LogP contribution >= 0.6 is 27.7 Å². The van der Waals surface area contributed by atoms with E-state index in [2.05, 4.69) is 32.5 Å². The molecule has 1 heterocycles. The van der Waals surface area contributed by atoms with E-state index in [9.17, 15) is 0 Å². The Hall–Kier alpha value is -0.680. The van der Waals surface area contributed by atoms with Crippen LogP contribution in [0.15, 0.2) is 33.7 Å². The molecule has 0 spiro atoms.